The maximum atomic E-state index is 12.9. The lowest BCUT2D eigenvalue weighted by Crippen LogP contribution is -2.46. The van der Waals surface area contributed by atoms with Crippen molar-refractivity contribution in [3.63, 3.8) is 0 Å². The van der Waals surface area contributed by atoms with Crippen LogP contribution in [0.3, 0.4) is 0 Å². The van der Waals surface area contributed by atoms with Crippen molar-refractivity contribution >= 4 is 34.6 Å². The first-order valence-corrected chi connectivity index (χ1v) is 17.1. The van der Waals surface area contributed by atoms with Crippen molar-refractivity contribution in [3.05, 3.63) is 111 Å². The zero-order valence-electron chi connectivity index (χ0n) is 27.6. The van der Waals surface area contributed by atoms with E-state index in [-0.39, 0.29) is 24.4 Å². The quantitative estimate of drug-likeness (QED) is 0.187. The summed E-state index contributed by atoms with van der Waals surface area (Å²) < 4.78 is 23.7. The molecule has 2 atom stereocenters. The Morgan fingerprint density at radius 3 is 2.18 bits per heavy atom. The molecule has 0 aliphatic carbocycles. The fraction of sp³-hybridized carbons (Fsp3) is 0.371. The molecule has 12 nitrogen and oxygen atoms in total. The number of ether oxygens (including phenoxy) is 3. The minimum atomic E-state index is -1.16. The normalized spacial score (nSPS) is 19.6. The number of rotatable bonds is 10. The predicted octanol–water partition coefficient (Wildman–Crippen LogP) is 5.50. The van der Waals surface area contributed by atoms with Gasteiger partial charge in [0, 0.05) is 48.1 Å². The van der Waals surface area contributed by atoms with Crippen LogP contribution in [0.15, 0.2) is 84.2 Å². The Morgan fingerprint density at radius 2 is 1.59 bits per heavy atom. The molecule has 5 aromatic rings. The van der Waals surface area contributed by atoms with Crippen molar-refractivity contribution in [2.75, 3.05) is 49.2 Å². The van der Waals surface area contributed by atoms with E-state index in [4.69, 9.17) is 37.4 Å². The van der Waals surface area contributed by atoms with Gasteiger partial charge < -0.3 is 24.0 Å². The van der Waals surface area contributed by atoms with Crippen LogP contribution in [-0.4, -0.2) is 74.6 Å². The van der Waals surface area contributed by atoms with Gasteiger partial charge in [-0.25, -0.2) is 23.7 Å². The average Bonchev–Trinajstić information content (AvgIpc) is 3.84. The van der Waals surface area contributed by atoms with E-state index in [0.29, 0.717) is 34.6 Å². The number of aromatic nitrogens is 6. The monoisotopic (exact) mass is 704 g/mol. The summed E-state index contributed by atoms with van der Waals surface area (Å²) >= 11 is 12.7. The second-order valence-electron chi connectivity index (χ2n) is 12.5. The zero-order chi connectivity index (χ0) is 34.1. The highest BCUT2D eigenvalue weighted by atomic mass is 35.5. The summed E-state index contributed by atoms with van der Waals surface area (Å²) in [5.74, 6) is 0.268. The summed E-state index contributed by atoms with van der Waals surface area (Å²) in [6, 6.07) is 21.6. The molecule has 0 radical (unpaired) electrons. The number of nitrogens with zero attached hydrogens (tertiary/aromatic N) is 8. The number of aryl methyl sites for hydroxylation is 1. The van der Waals surface area contributed by atoms with E-state index in [1.54, 1.807) is 27.7 Å². The number of anilines is 2. The van der Waals surface area contributed by atoms with Crippen molar-refractivity contribution < 1.29 is 14.2 Å². The van der Waals surface area contributed by atoms with Gasteiger partial charge in [-0.3, -0.25) is 0 Å². The van der Waals surface area contributed by atoms with Gasteiger partial charge in [-0.05, 0) is 81.4 Å². The molecule has 2 aromatic heterocycles. The summed E-state index contributed by atoms with van der Waals surface area (Å²) in [4.78, 5) is 21.7. The Bertz CT molecular complexity index is 1940. The zero-order valence-corrected chi connectivity index (χ0v) is 29.1. The van der Waals surface area contributed by atoms with E-state index in [1.807, 2.05) is 51.1 Å². The number of hydrogen-bond acceptors (Lipinski definition) is 9. The molecule has 0 spiro atoms. The molecule has 256 valence electrons. The second-order valence-corrected chi connectivity index (χ2v) is 13.4. The molecule has 7 rings (SSSR count). The van der Waals surface area contributed by atoms with Gasteiger partial charge in [0.25, 0.3) is 0 Å². The Morgan fingerprint density at radius 1 is 0.939 bits per heavy atom. The van der Waals surface area contributed by atoms with Gasteiger partial charge in [-0.1, -0.05) is 29.3 Å². The first-order valence-electron chi connectivity index (χ1n) is 16.3. The van der Waals surface area contributed by atoms with Crippen molar-refractivity contribution in [1.29, 1.82) is 0 Å². The molecule has 0 bridgehead atoms. The third-order valence-corrected chi connectivity index (χ3v) is 9.43. The summed E-state index contributed by atoms with van der Waals surface area (Å²) in [6.45, 7) is 10.2. The second kappa shape index (κ2) is 13.9. The first kappa shape index (κ1) is 33.2. The summed E-state index contributed by atoms with van der Waals surface area (Å²) in [5, 5.41) is 9.63. The Hall–Kier alpha value is -4.36. The minimum absolute atomic E-state index is 0.00772. The van der Waals surface area contributed by atoms with Crippen LogP contribution in [0.4, 0.5) is 11.4 Å². The lowest BCUT2D eigenvalue weighted by Gasteiger charge is -2.37. The molecular formula is C35H38Cl2N8O4. The molecule has 2 aliphatic heterocycles. The van der Waals surface area contributed by atoms with E-state index in [2.05, 4.69) is 49.2 Å². The molecule has 3 aromatic carbocycles. The Balaban J connectivity index is 0.934. The molecule has 4 heterocycles. The SMILES string of the molecule is Cc1nn(C(C)C)c(=O)n1-c1ccc(N2CCN(c3ccc(OC[C@H]4CO[C@](Cn5cncn5)(c5ccc(Cl)cc5Cl)O4)cc3)CC2)cc1. The van der Waals surface area contributed by atoms with Crippen molar-refractivity contribution in [2.24, 2.45) is 0 Å². The van der Waals surface area contributed by atoms with E-state index in [9.17, 15) is 4.79 Å². The van der Waals surface area contributed by atoms with Crippen LogP contribution in [0.5, 0.6) is 5.75 Å². The van der Waals surface area contributed by atoms with Crippen LogP contribution in [0, 0.1) is 6.92 Å². The van der Waals surface area contributed by atoms with Crippen molar-refractivity contribution in [1.82, 2.24) is 29.1 Å². The molecule has 0 unspecified atom stereocenters. The lowest BCUT2D eigenvalue weighted by molar-refractivity contribution is -0.190. The Kier molecular flexibility index (Phi) is 9.38. The highest BCUT2D eigenvalue weighted by Gasteiger charge is 2.45. The van der Waals surface area contributed by atoms with Crippen molar-refractivity contribution in [3.8, 4) is 11.4 Å². The first-order chi connectivity index (χ1) is 23.7. The van der Waals surface area contributed by atoms with Crippen LogP contribution in [-0.2, 0) is 21.8 Å². The molecule has 49 heavy (non-hydrogen) atoms. The molecule has 0 N–H and O–H groups in total. The van der Waals surface area contributed by atoms with E-state index in [1.165, 1.54) is 11.0 Å². The van der Waals surface area contributed by atoms with Gasteiger partial charge in [-0.2, -0.15) is 10.2 Å². The predicted molar refractivity (Wildman–Crippen MR) is 188 cm³/mol. The number of halogens is 2. The smallest absolute Gasteiger partial charge is 0.350 e. The lowest BCUT2D eigenvalue weighted by atomic mass is 10.1. The van der Waals surface area contributed by atoms with E-state index >= 15 is 0 Å². The van der Waals surface area contributed by atoms with Gasteiger partial charge in [0.15, 0.2) is 0 Å². The van der Waals surface area contributed by atoms with Gasteiger partial charge >= 0.3 is 5.69 Å². The van der Waals surface area contributed by atoms with E-state index in [0.717, 1.165) is 49.0 Å². The molecule has 0 saturated carbocycles. The maximum Gasteiger partial charge on any atom is 0.350 e. The molecule has 2 aliphatic rings. The summed E-state index contributed by atoms with van der Waals surface area (Å²) in [7, 11) is 0. The van der Waals surface area contributed by atoms with Crippen LogP contribution >= 0.6 is 23.2 Å². The minimum Gasteiger partial charge on any atom is -0.491 e. The fourth-order valence-electron chi connectivity index (χ4n) is 6.38. The summed E-state index contributed by atoms with van der Waals surface area (Å²) in [5.41, 5.74) is 3.65. The average molecular weight is 706 g/mol. The number of piperazine rings is 1. The van der Waals surface area contributed by atoms with Crippen LogP contribution in [0.2, 0.25) is 10.0 Å². The van der Waals surface area contributed by atoms with Crippen LogP contribution in [0.25, 0.3) is 5.69 Å². The van der Waals surface area contributed by atoms with Gasteiger partial charge in [0.2, 0.25) is 5.79 Å². The van der Waals surface area contributed by atoms with Gasteiger partial charge in [0.1, 0.15) is 43.5 Å². The van der Waals surface area contributed by atoms with Gasteiger partial charge in [0.05, 0.1) is 23.4 Å². The number of benzene rings is 3. The van der Waals surface area contributed by atoms with Crippen LogP contribution in [0.1, 0.15) is 31.3 Å². The Labute approximate surface area is 294 Å². The van der Waals surface area contributed by atoms with Crippen molar-refractivity contribution in [2.45, 2.75) is 45.2 Å². The van der Waals surface area contributed by atoms with E-state index < -0.39 is 5.79 Å². The molecule has 0 amide bonds. The molecule has 2 saturated heterocycles. The standard InChI is InChI=1S/C35H38Cl2N8O4/c1-24(2)45-34(46)44(25(3)40-45)29-7-5-27(6-8-29)41-14-16-42(17-15-41)28-9-11-30(12-10-28)47-19-31-20-48-35(49-31,21-43-23-38-22-39-43)32-13-4-26(36)18-33(32)37/h4-13,18,22-24,31H,14-17,19-21H2,1-3H3/t31-,35-/m0/s1. The maximum absolute atomic E-state index is 12.9. The fourth-order valence-corrected chi connectivity index (χ4v) is 6.93. The highest BCUT2D eigenvalue weighted by molar-refractivity contribution is 6.35. The third kappa shape index (κ3) is 6.91. The summed E-state index contributed by atoms with van der Waals surface area (Å²) in [6.07, 6.45) is 2.74. The molecular weight excluding hydrogens is 667 g/mol. The van der Waals surface area contributed by atoms with Gasteiger partial charge in [-0.15, -0.1) is 0 Å². The highest BCUT2D eigenvalue weighted by Crippen LogP contribution is 2.40. The topological polar surface area (TPSA) is 105 Å². The largest absolute Gasteiger partial charge is 0.491 e. The molecule has 14 heteroatoms. The third-order valence-electron chi connectivity index (χ3n) is 8.88. The van der Waals surface area contributed by atoms with Crippen LogP contribution < -0.4 is 20.2 Å². The molecule has 2 fully saturated rings. The number of hydrogen-bond donors (Lipinski definition) is 0.